The lowest BCUT2D eigenvalue weighted by atomic mass is 10.2. The van der Waals surface area contributed by atoms with Crippen LogP contribution in [0.1, 0.15) is 18.4 Å². The van der Waals surface area contributed by atoms with E-state index in [9.17, 15) is 9.18 Å². The topological polar surface area (TPSA) is 78.9 Å². The standard InChI is InChI=1S/C11H10FN3O/c12-8-5-7(6-13)1-2-9(8)15-10(16)11(14)3-4-11/h1-2,5H,3-4,14H2,(H,15,16). The van der Waals surface area contributed by atoms with Crippen molar-refractivity contribution in [1.29, 1.82) is 5.26 Å². The molecule has 0 saturated heterocycles. The first kappa shape index (κ1) is 10.6. The number of amides is 1. The maximum absolute atomic E-state index is 13.4. The predicted octanol–water partition coefficient (Wildman–Crippen LogP) is 1.13. The van der Waals surface area contributed by atoms with E-state index in [1.807, 2.05) is 6.07 Å². The van der Waals surface area contributed by atoms with Gasteiger partial charge in [-0.15, -0.1) is 0 Å². The molecule has 1 aromatic rings. The molecule has 1 saturated carbocycles. The lowest BCUT2D eigenvalue weighted by Gasteiger charge is -2.10. The molecule has 0 bridgehead atoms. The molecule has 1 aliphatic rings. The van der Waals surface area contributed by atoms with E-state index in [0.29, 0.717) is 12.8 Å². The second-order valence-electron chi connectivity index (χ2n) is 3.92. The normalized spacial score (nSPS) is 16.3. The van der Waals surface area contributed by atoms with Crippen molar-refractivity contribution < 1.29 is 9.18 Å². The van der Waals surface area contributed by atoms with Gasteiger partial charge in [0.25, 0.3) is 0 Å². The summed E-state index contributed by atoms with van der Waals surface area (Å²) >= 11 is 0. The summed E-state index contributed by atoms with van der Waals surface area (Å²) in [6.07, 6.45) is 1.24. The van der Waals surface area contributed by atoms with E-state index in [2.05, 4.69) is 5.32 Å². The zero-order valence-corrected chi connectivity index (χ0v) is 8.46. The van der Waals surface area contributed by atoms with Gasteiger partial charge >= 0.3 is 0 Å². The van der Waals surface area contributed by atoms with Gasteiger partial charge in [-0.2, -0.15) is 5.26 Å². The zero-order chi connectivity index (χ0) is 11.8. The van der Waals surface area contributed by atoms with Crippen molar-refractivity contribution >= 4 is 11.6 Å². The molecule has 0 unspecified atom stereocenters. The third kappa shape index (κ3) is 1.88. The van der Waals surface area contributed by atoms with E-state index in [-0.39, 0.29) is 17.2 Å². The number of nitrogens with one attached hydrogen (secondary N) is 1. The first-order valence-corrected chi connectivity index (χ1v) is 4.85. The minimum absolute atomic E-state index is 0.0562. The Morgan fingerprint density at radius 3 is 2.75 bits per heavy atom. The smallest absolute Gasteiger partial charge is 0.244 e. The van der Waals surface area contributed by atoms with Crippen molar-refractivity contribution in [2.24, 2.45) is 5.73 Å². The van der Waals surface area contributed by atoms with Crippen molar-refractivity contribution in [1.82, 2.24) is 0 Å². The summed E-state index contributed by atoms with van der Waals surface area (Å²) in [6.45, 7) is 0. The van der Waals surface area contributed by atoms with Crippen LogP contribution in [0.3, 0.4) is 0 Å². The van der Waals surface area contributed by atoms with Crippen LogP contribution in [0.15, 0.2) is 18.2 Å². The van der Waals surface area contributed by atoms with Crippen molar-refractivity contribution in [3.8, 4) is 6.07 Å². The fraction of sp³-hybridized carbons (Fsp3) is 0.273. The molecule has 1 amide bonds. The molecule has 1 fully saturated rings. The van der Waals surface area contributed by atoms with E-state index >= 15 is 0 Å². The molecule has 0 atom stereocenters. The SMILES string of the molecule is N#Cc1ccc(NC(=O)C2(N)CC2)c(F)c1. The van der Waals surface area contributed by atoms with Crippen LogP contribution in [0.5, 0.6) is 0 Å². The number of nitriles is 1. The number of carbonyl (C=O) groups is 1. The van der Waals surface area contributed by atoms with Gasteiger partial charge < -0.3 is 11.1 Å². The van der Waals surface area contributed by atoms with Gasteiger partial charge in [0, 0.05) is 0 Å². The third-order valence-electron chi connectivity index (χ3n) is 2.59. The quantitative estimate of drug-likeness (QED) is 0.782. The monoisotopic (exact) mass is 219 g/mol. The summed E-state index contributed by atoms with van der Waals surface area (Å²) in [7, 11) is 0. The van der Waals surface area contributed by atoms with E-state index in [4.69, 9.17) is 11.0 Å². The Hall–Kier alpha value is -1.93. The van der Waals surface area contributed by atoms with Gasteiger partial charge in [-0.25, -0.2) is 4.39 Å². The lowest BCUT2D eigenvalue weighted by Crippen LogP contribution is -2.38. The van der Waals surface area contributed by atoms with Crippen LogP contribution < -0.4 is 11.1 Å². The molecule has 16 heavy (non-hydrogen) atoms. The highest BCUT2D eigenvalue weighted by molar-refractivity contribution is 6.00. The van der Waals surface area contributed by atoms with Crippen LogP contribution >= 0.6 is 0 Å². The first-order chi connectivity index (χ1) is 7.55. The molecular weight excluding hydrogens is 209 g/mol. The van der Waals surface area contributed by atoms with Gasteiger partial charge in [-0.05, 0) is 31.0 Å². The van der Waals surface area contributed by atoms with Crippen LogP contribution in [-0.4, -0.2) is 11.4 Å². The summed E-state index contributed by atoms with van der Waals surface area (Å²) in [5, 5.41) is 11.0. The third-order valence-corrected chi connectivity index (χ3v) is 2.59. The van der Waals surface area contributed by atoms with E-state index in [1.165, 1.54) is 12.1 Å². The number of rotatable bonds is 2. The minimum atomic E-state index is -0.833. The highest BCUT2D eigenvalue weighted by Gasteiger charge is 2.46. The molecular formula is C11H10FN3O. The Balaban J connectivity index is 2.16. The van der Waals surface area contributed by atoms with Crippen molar-refractivity contribution in [2.75, 3.05) is 5.32 Å². The second kappa shape index (κ2) is 3.58. The van der Waals surface area contributed by atoms with Crippen molar-refractivity contribution in [3.05, 3.63) is 29.6 Å². The van der Waals surface area contributed by atoms with E-state index < -0.39 is 11.4 Å². The van der Waals surface area contributed by atoms with E-state index in [1.54, 1.807) is 0 Å². The number of anilines is 1. The lowest BCUT2D eigenvalue weighted by molar-refractivity contribution is -0.118. The van der Waals surface area contributed by atoms with Gasteiger partial charge in [-0.1, -0.05) is 0 Å². The maximum atomic E-state index is 13.4. The molecule has 0 spiro atoms. The molecule has 0 aliphatic heterocycles. The molecule has 4 nitrogen and oxygen atoms in total. The van der Waals surface area contributed by atoms with Gasteiger partial charge in [0.2, 0.25) is 5.91 Å². The molecule has 1 aromatic carbocycles. The first-order valence-electron chi connectivity index (χ1n) is 4.85. The molecule has 0 aromatic heterocycles. The molecule has 3 N–H and O–H groups in total. The second-order valence-corrected chi connectivity index (χ2v) is 3.92. The number of halogens is 1. The summed E-state index contributed by atoms with van der Waals surface area (Å²) in [5.41, 5.74) is 5.09. The Morgan fingerprint density at radius 2 is 2.25 bits per heavy atom. The fourth-order valence-electron chi connectivity index (χ4n) is 1.29. The Morgan fingerprint density at radius 1 is 1.56 bits per heavy atom. The van der Waals surface area contributed by atoms with Gasteiger partial charge in [-0.3, -0.25) is 4.79 Å². The van der Waals surface area contributed by atoms with Gasteiger partial charge in [0.05, 0.1) is 22.9 Å². The number of hydrogen-bond donors (Lipinski definition) is 2. The van der Waals surface area contributed by atoms with Crippen LogP contribution in [0, 0.1) is 17.1 Å². The largest absolute Gasteiger partial charge is 0.322 e. The Bertz CT molecular complexity index is 488. The summed E-state index contributed by atoms with van der Waals surface area (Å²) in [4.78, 5) is 11.5. The average Bonchev–Trinajstić information content (AvgIpc) is 3.01. The molecule has 5 heteroatoms. The molecule has 0 radical (unpaired) electrons. The van der Waals surface area contributed by atoms with Crippen molar-refractivity contribution in [2.45, 2.75) is 18.4 Å². The highest BCUT2D eigenvalue weighted by atomic mass is 19.1. The zero-order valence-electron chi connectivity index (χ0n) is 8.46. The van der Waals surface area contributed by atoms with Gasteiger partial charge in [0.1, 0.15) is 5.82 Å². The molecule has 1 aliphatic carbocycles. The number of benzene rings is 1. The van der Waals surface area contributed by atoms with E-state index in [0.717, 1.165) is 6.07 Å². The summed E-state index contributed by atoms with van der Waals surface area (Å²) in [5.74, 6) is -1.01. The molecule has 82 valence electrons. The van der Waals surface area contributed by atoms with Crippen molar-refractivity contribution in [3.63, 3.8) is 0 Å². The summed E-state index contributed by atoms with van der Waals surface area (Å²) < 4.78 is 13.4. The summed E-state index contributed by atoms with van der Waals surface area (Å²) in [6, 6.07) is 5.69. The number of nitrogens with zero attached hydrogens (tertiary/aromatic N) is 1. The fourth-order valence-corrected chi connectivity index (χ4v) is 1.29. The number of nitrogens with two attached hydrogens (primary N) is 1. The Labute approximate surface area is 91.9 Å². The number of carbonyl (C=O) groups excluding carboxylic acids is 1. The van der Waals surface area contributed by atoms with Crippen LogP contribution in [0.4, 0.5) is 10.1 Å². The van der Waals surface area contributed by atoms with Crippen LogP contribution in [0.2, 0.25) is 0 Å². The Kier molecular flexibility index (Phi) is 2.37. The average molecular weight is 219 g/mol. The highest BCUT2D eigenvalue weighted by Crippen LogP contribution is 2.33. The number of hydrogen-bond acceptors (Lipinski definition) is 3. The van der Waals surface area contributed by atoms with Crippen LogP contribution in [0.25, 0.3) is 0 Å². The molecule has 2 rings (SSSR count). The van der Waals surface area contributed by atoms with Crippen LogP contribution in [-0.2, 0) is 4.79 Å². The minimum Gasteiger partial charge on any atom is -0.322 e. The maximum Gasteiger partial charge on any atom is 0.244 e. The predicted molar refractivity (Wildman–Crippen MR) is 55.9 cm³/mol. The molecule has 0 heterocycles. The van der Waals surface area contributed by atoms with Gasteiger partial charge in [0.15, 0.2) is 0 Å².